The summed E-state index contributed by atoms with van der Waals surface area (Å²) in [7, 11) is -3.42. The molecule has 1 saturated heterocycles. The van der Waals surface area contributed by atoms with E-state index in [2.05, 4.69) is 15.9 Å². The maximum absolute atomic E-state index is 12.2. The number of hydrogen-bond acceptors (Lipinski definition) is 3. The normalized spacial score (nSPS) is 22.4. The highest BCUT2D eigenvalue weighted by atomic mass is 79.9. The van der Waals surface area contributed by atoms with Crippen LogP contribution in [0.25, 0.3) is 0 Å². The lowest BCUT2D eigenvalue weighted by molar-refractivity contribution is 0.0895. The second-order valence-electron chi connectivity index (χ2n) is 3.41. The van der Waals surface area contributed by atoms with Gasteiger partial charge >= 0.3 is 0 Å². The number of sulfonamides is 1. The molecule has 4 nitrogen and oxygen atoms in total. The predicted octanol–water partition coefficient (Wildman–Crippen LogP) is 1.43. The summed E-state index contributed by atoms with van der Waals surface area (Å²) in [5, 5.41) is 0.485. The summed E-state index contributed by atoms with van der Waals surface area (Å²) in [6.45, 7) is 0.857. The zero-order valence-corrected chi connectivity index (χ0v) is 10.9. The van der Waals surface area contributed by atoms with Crippen LogP contribution < -0.4 is 0 Å². The molecule has 2 rings (SSSR count). The van der Waals surface area contributed by atoms with E-state index in [4.69, 9.17) is 4.74 Å². The SMILES string of the molecule is O=S(=O)(c1ccccc1)N1CCO[C@H]1CBr. The van der Waals surface area contributed by atoms with Crippen LogP contribution in [0.3, 0.4) is 0 Å². The average Bonchev–Trinajstić information content (AvgIpc) is 2.79. The maximum Gasteiger partial charge on any atom is 0.245 e. The molecule has 1 aromatic rings. The fraction of sp³-hybridized carbons (Fsp3) is 0.400. The van der Waals surface area contributed by atoms with Gasteiger partial charge in [0, 0.05) is 11.9 Å². The molecule has 0 saturated carbocycles. The van der Waals surface area contributed by atoms with Crippen LogP contribution in [0.1, 0.15) is 0 Å². The molecular formula is C10H12BrNO3S. The average molecular weight is 306 g/mol. The Balaban J connectivity index is 2.33. The first-order chi connectivity index (χ1) is 7.66. The highest BCUT2D eigenvalue weighted by Crippen LogP contribution is 2.22. The molecule has 1 aliphatic rings. The molecule has 0 radical (unpaired) electrons. The van der Waals surface area contributed by atoms with Gasteiger partial charge < -0.3 is 4.74 Å². The molecule has 0 aliphatic carbocycles. The van der Waals surface area contributed by atoms with Crippen molar-refractivity contribution in [2.45, 2.75) is 11.1 Å². The van der Waals surface area contributed by atoms with Crippen LogP contribution in [0.2, 0.25) is 0 Å². The minimum Gasteiger partial charge on any atom is -0.360 e. The van der Waals surface area contributed by atoms with Gasteiger partial charge in [-0.15, -0.1) is 0 Å². The third-order valence-electron chi connectivity index (χ3n) is 2.42. The fourth-order valence-corrected chi connectivity index (χ4v) is 3.89. The van der Waals surface area contributed by atoms with Crippen LogP contribution in [0.4, 0.5) is 0 Å². The summed E-state index contributed by atoms with van der Waals surface area (Å²) in [5.41, 5.74) is 0. The number of ether oxygens (including phenoxy) is 1. The zero-order valence-electron chi connectivity index (χ0n) is 8.54. The van der Waals surface area contributed by atoms with E-state index in [1.54, 1.807) is 30.3 Å². The molecule has 0 unspecified atom stereocenters. The van der Waals surface area contributed by atoms with E-state index in [1.165, 1.54) is 4.31 Å². The van der Waals surface area contributed by atoms with E-state index in [9.17, 15) is 8.42 Å². The standard InChI is InChI=1S/C10H12BrNO3S/c11-8-10-12(6-7-15-10)16(13,14)9-4-2-1-3-5-9/h1-5,10H,6-8H2/t10-/m0/s1. The minimum atomic E-state index is -3.42. The summed E-state index contributed by atoms with van der Waals surface area (Å²) < 4.78 is 31.2. The molecule has 0 spiro atoms. The lowest BCUT2D eigenvalue weighted by Gasteiger charge is -2.20. The molecule has 0 amide bonds. The van der Waals surface area contributed by atoms with E-state index >= 15 is 0 Å². The monoisotopic (exact) mass is 305 g/mol. The molecule has 1 heterocycles. The number of halogens is 1. The van der Waals surface area contributed by atoms with Crippen molar-refractivity contribution >= 4 is 26.0 Å². The van der Waals surface area contributed by atoms with Crippen molar-refractivity contribution in [1.29, 1.82) is 0 Å². The van der Waals surface area contributed by atoms with Crippen molar-refractivity contribution in [3.8, 4) is 0 Å². The molecule has 0 bridgehead atoms. The Labute approximate surface area is 103 Å². The van der Waals surface area contributed by atoms with E-state index in [1.807, 2.05) is 0 Å². The first kappa shape index (κ1) is 12.0. The van der Waals surface area contributed by atoms with Gasteiger partial charge in [0.1, 0.15) is 6.23 Å². The van der Waals surface area contributed by atoms with Crippen molar-refractivity contribution in [2.24, 2.45) is 0 Å². The third kappa shape index (κ3) is 2.15. The van der Waals surface area contributed by atoms with Crippen LogP contribution in [0.15, 0.2) is 35.2 Å². The summed E-state index contributed by atoms with van der Waals surface area (Å²) in [6.07, 6.45) is -0.398. The Hall–Kier alpha value is -0.430. The number of alkyl halides is 1. The maximum atomic E-state index is 12.2. The van der Waals surface area contributed by atoms with Crippen molar-refractivity contribution in [3.63, 3.8) is 0 Å². The van der Waals surface area contributed by atoms with Crippen molar-refractivity contribution in [3.05, 3.63) is 30.3 Å². The van der Waals surface area contributed by atoms with Gasteiger partial charge in [0.25, 0.3) is 0 Å². The van der Waals surface area contributed by atoms with Crippen molar-refractivity contribution in [2.75, 3.05) is 18.5 Å². The summed E-state index contributed by atoms with van der Waals surface area (Å²) >= 11 is 3.25. The van der Waals surface area contributed by atoms with E-state index < -0.39 is 16.3 Å². The Bertz CT molecular complexity index is 448. The minimum absolute atomic E-state index is 0.312. The Morgan fingerprint density at radius 1 is 1.38 bits per heavy atom. The molecule has 0 aromatic heterocycles. The van der Waals surface area contributed by atoms with Crippen LogP contribution in [0, 0.1) is 0 Å². The van der Waals surface area contributed by atoms with E-state index in [-0.39, 0.29) is 0 Å². The number of benzene rings is 1. The molecule has 16 heavy (non-hydrogen) atoms. The van der Waals surface area contributed by atoms with Gasteiger partial charge in [-0.25, -0.2) is 8.42 Å². The Morgan fingerprint density at radius 3 is 2.69 bits per heavy atom. The smallest absolute Gasteiger partial charge is 0.245 e. The molecule has 1 aliphatic heterocycles. The van der Waals surface area contributed by atoms with Crippen LogP contribution >= 0.6 is 15.9 Å². The van der Waals surface area contributed by atoms with Gasteiger partial charge in [-0.05, 0) is 12.1 Å². The highest BCUT2D eigenvalue weighted by molar-refractivity contribution is 9.09. The number of nitrogens with zero attached hydrogens (tertiary/aromatic N) is 1. The topological polar surface area (TPSA) is 46.6 Å². The largest absolute Gasteiger partial charge is 0.360 e. The van der Waals surface area contributed by atoms with Crippen molar-refractivity contribution in [1.82, 2.24) is 4.31 Å². The van der Waals surface area contributed by atoms with E-state index in [0.29, 0.717) is 23.4 Å². The zero-order chi connectivity index (χ0) is 11.6. The first-order valence-electron chi connectivity index (χ1n) is 4.91. The molecule has 1 aromatic carbocycles. The molecular weight excluding hydrogens is 294 g/mol. The summed E-state index contributed by atoms with van der Waals surface area (Å²) in [6, 6.07) is 8.42. The molecule has 0 N–H and O–H groups in total. The van der Waals surface area contributed by atoms with Gasteiger partial charge in [0.2, 0.25) is 10.0 Å². The second kappa shape index (κ2) is 4.83. The fourth-order valence-electron chi connectivity index (χ4n) is 1.63. The first-order valence-corrected chi connectivity index (χ1v) is 7.47. The third-order valence-corrected chi connectivity index (χ3v) is 4.88. The number of rotatable bonds is 3. The van der Waals surface area contributed by atoms with Gasteiger partial charge in [0.15, 0.2) is 0 Å². The Kier molecular flexibility index (Phi) is 3.63. The lowest BCUT2D eigenvalue weighted by Crippen LogP contribution is -2.37. The molecule has 88 valence electrons. The van der Waals surface area contributed by atoms with Gasteiger partial charge in [-0.2, -0.15) is 4.31 Å². The lowest BCUT2D eigenvalue weighted by atomic mass is 10.4. The van der Waals surface area contributed by atoms with E-state index in [0.717, 1.165) is 0 Å². The van der Waals surface area contributed by atoms with Gasteiger partial charge in [-0.1, -0.05) is 34.1 Å². The molecule has 1 fully saturated rings. The van der Waals surface area contributed by atoms with Crippen LogP contribution in [0.5, 0.6) is 0 Å². The van der Waals surface area contributed by atoms with Crippen LogP contribution in [-0.4, -0.2) is 37.4 Å². The molecule has 6 heteroatoms. The summed E-state index contributed by atoms with van der Waals surface area (Å²) in [5.74, 6) is 0. The molecule has 1 atom stereocenters. The quantitative estimate of drug-likeness (QED) is 0.794. The van der Waals surface area contributed by atoms with Gasteiger partial charge in [0.05, 0.1) is 11.5 Å². The Morgan fingerprint density at radius 2 is 2.06 bits per heavy atom. The number of hydrogen-bond donors (Lipinski definition) is 0. The summed E-state index contributed by atoms with van der Waals surface area (Å²) in [4.78, 5) is 0.312. The highest BCUT2D eigenvalue weighted by Gasteiger charge is 2.35. The van der Waals surface area contributed by atoms with Crippen molar-refractivity contribution < 1.29 is 13.2 Å². The van der Waals surface area contributed by atoms with Gasteiger partial charge in [-0.3, -0.25) is 0 Å². The second-order valence-corrected chi connectivity index (χ2v) is 5.95. The predicted molar refractivity (Wildman–Crippen MR) is 63.9 cm³/mol. The van der Waals surface area contributed by atoms with Crippen LogP contribution in [-0.2, 0) is 14.8 Å².